The standard InChI is InChI=1S/C13H26N2O3/c1-9(2)7-11(13(17)18)8-15-12(16)5-6-14-10(3)4/h9-11,14H,5-8H2,1-4H3,(H,15,16)(H,17,18). The first-order valence-corrected chi connectivity index (χ1v) is 6.55. The zero-order valence-corrected chi connectivity index (χ0v) is 11.8. The maximum absolute atomic E-state index is 11.5. The normalized spacial score (nSPS) is 12.8. The molecule has 0 aliphatic rings. The number of carbonyl (C=O) groups is 2. The second kappa shape index (κ2) is 8.91. The number of carbonyl (C=O) groups excluding carboxylic acids is 1. The highest BCUT2D eigenvalue weighted by Gasteiger charge is 2.19. The maximum atomic E-state index is 11.5. The summed E-state index contributed by atoms with van der Waals surface area (Å²) in [6.07, 6.45) is 0.964. The zero-order valence-electron chi connectivity index (χ0n) is 11.8. The lowest BCUT2D eigenvalue weighted by Gasteiger charge is -2.15. The SMILES string of the molecule is CC(C)CC(CNC(=O)CCNC(C)C)C(=O)O. The molecule has 0 aromatic carbocycles. The van der Waals surface area contributed by atoms with Crippen LogP contribution in [0.15, 0.2) is 0 Å². The molecule has 1 amide bonds. The largest absolute Gasteiger partial charge is 0.481 e. The lowest BCUT2D eigenvalue weighted by Crippen LogP contribution is -2.35. The van der Waals surface area contributed by atoms with Crippen molar-refractivity contribution in [1.29, 1.82) is 0 Å². The van der Waals surface area contributed by atoms with E-state index in [1.54, 1.807) is 0 Å². The molecule has 5 heteroatoms. The fraction of sp³-hybridized carbons (Fsp3) is 0.846. The van der Waals surface area contributed by atoms with E-state index >= 15 is 0 Å². The number of rotatable bonds is 9. The van der Waals surface area contributed by atoms with Gasteiger partial charge in [-0.05, 0) is 12.3 Å². The molecule has 0 aromatic heterocycles. The molecule has 18 heavy (non-hydrogen) atoms. The average molecular weight is 258 g/mol. The van der Waals surface area contributed by atoms with Crippen LogP contribution in [0.5, 0.6) is 0 Å². The van der Waals surface area contributed by atoms with E-state index in [-0.39, 0.29) is 12.5 Å². The Hall–Kier alpha value is -1.10. The number of aliphatic carboxylic acids is 1. The molecule has 0 spiro atoms. The number of amides is 1. The van der Waals surface area contributed by atoms with Crippen molar-refractivity contribution in [2.45, 2.75) is 46.6 Å². The van der Waals surface area contributed by atoms with E-state index in [0.717, 1.165) is 0 Å². The van der Waals surface area contributed by atoms with Crippen molar-refractivity contribution in [3.63, 3.8) is 0 Å². The quantitative estimate of drug-likeness (QED) is 0.581. The van der Waals surface area contributed by atoms with E-state index in [1.165, 1.54) is 0 Å². The van der Waals surface area contributed by atoms with Crippen LogP contribution in [-0.4, -0.2) is 36.1 Å². The fourth-order valence-corrected chi connectivity index (χ4v) is 1.64. The van der Waals surface area contributed by atoms with Crippen LogP contribution in [-0.2, 0) is 9.59 Å². The number of carboxylic acid groups (broad SMARTS) is 1. The zero-order chi connectivity index (χ0) is 14.1. The average Bonchev–Trinajstić information content (AvgIpc) is 2.22. The molecule has 0 aliphatic heterocycles. The molecule has 0 radical (unpaired) electrons. The van der Waals surface area contributed by atoms with Crippen LogP contribution in [0.3, 0.4) is 0 Å². The van der Waals surface area contributed by atoms with Gasteiger partial charge < -0.3 is 15.7 Å². The Morgan fingerprint density at radius 2 is 1.78 bits per heavy atom. The van der Waals surface area contributed by atoms with Gasteiger partial charge in [-0.25, -0.2) is 0 Å². The van der Waals surface area contributed by atoms with Gasteiger partial charge in [-0.3, -0.25) is 9.59 Å². The number of hydrogen-bond donors (Lipinski definition) is 3. The van der Waals surface area contributed by atoms with Gasteiger partial charge in [0.15, 0.2) is 0 Å². The second-order valence-corrected chi connectivity index (χ2v) is 5.33. The molecule has 1 atom stereocenters. The first-order chi connectivity index (χ1) is 8.32. The van der Waals surface area contributed by atoms with Gasteiger partial charge >= 0.3 is 5.97 Å². The predicted octanol–water partition coefficient (Wildman–Crippen LogP) is 1.24. The fourth-order valence-electron chi connectivity index (χ4n) is 1.64. The molecule has 0 aliphatic carbocycles. The van der Waals surface area contributed by atoms with E-state index in [1.807, 2.05) is 27.7 Å². The minimum atomic E-state index is -0.843. The van der Waals surface area contributed by atoms with E-state index in [4.69, 9.17) is 5.11 Å². The van der Waals surface area contributed by atoms with E-state index in [2.05, 4.69) is 10.6 Å². The summed E-state index contributed by atoms with van der Waals surface area (Å²) in [4.78, 5) is 22.5. The molecule has 0 bridgehead atoms. The number of carboxylic acids is 1. The van der Waals surface area contributed by atoms with Gasteiger partial charge in [0.1, 0.15) is 0 Å². The molecule has 1 unspecified atom stereocenters. The molecule has 0 saturated heterocycles. The highest BCUT2D eigenvalue weighted by atomic mass is 16.4. The molecule has 0 rings (SSSR count). The molecule has 3 N–H and O–H groups in total. The van der Waals surface area contributed by atoms with Gasteiger partial charge in [0.05, 0.1) is 5.92 Å². The summed E-state index contributed by atoms with van der Waals surface area (Å²) in [6, 6.07) is 0.352. The van der Waals surface area contributed by atoms with Crippen LogP contribution >= 0.6 is 0 Å². The van der Waals surface area contributed by atoms with E-state index in [0.29, 0.717) is 31.3 Å². The third-order valence-corrected chi connectivity index (χ3v) is 2.56. The Morgan fingerprint density at radius 1 is 1.17 bits per heavy atom. The lowest BCUT2D eigenvalue weighted by atomic mass is 9.97. The van der Waals surface area contributed by atoms with Crippen LogP contribution in [0.2, 0.25) is 0 Å². The minimum Gasteiger partial charge on any atom is -0.481 e. The Bertz CT molecular complexity index is 265. The van der Waals surface area contributed by atoms with Crippen molar-refractivity contribution in [1.82, 2.24) is 10.6 Å². The Kier molecular flexibility index (Phi) is 8.37. The smallest absolute Gasteiger partial charge is 0.308 e. The summed E-state index contributed by atoms with van der Waals surface area (Å²) in [7, 11) is 0. The number of nitrogens with one attached hydrogen (secondary N) is 2. The van der Waals surface area contributed by atoms with Crippen molar-refractivity contribution < 1.29 is 14.7 Å². The van der Waals surface area contributed by atoms with Crippen LogP contribution in [0.4, 0.5) is 0 Å². The lowest BCUT2D eigenvalue weighted by molar-refractivity contribution is -0.142. The van der Waals surface area contributed by atoms with E-state index < -0.39 is 11.9 Å². The van der Waals surface area contributed by atoms with Gasteiger partial charge in [0, 0.05) is 25.6 Å². The van der Waals surface area contributed by atoms with Gasteiger partial charge in [0.2, 0.25) is 5.91 Å². The molecular weight excluding hydrogens is 232 g/mol. The van der Waals surface area contributed by atoms with Crippen molar-refractivity contribution in [2.24, 2.45) is 11.8 Å². The molecule has 106 valence electrons. The second-order valence-electron chi connectivity index (χ2n) is 5.33. The van der Waals surface area contributed by atoms with Crippen LogP contribution in [0, 0.1) is 11.8 Å². The summed E-state index contributed by atoms with van der Waals surface area (Å²) in [5, 5.41) is 14.8. The summed E-state index contributed by atoms with van der Waals surface area (Å²) in [5.74, 6) is -1.12. The monoisotopic (exact) mass is 258 g/mol. The minimum absolute atomic E-state index is 0.0989. The summed E-state index contributed by atoms with van der Waals surface area (Å²) in [5.41, 5.74) is 0. The van der Waals surface area contributed by atoms with Crippen molar-refractivity contribution in [3.8, 4) is 0 Å². The van der Waals surface area contributed by atoms with Gasteiger partial charge in [-0.15, -0.1) is 0 Å². The Morgan fingerprint density at radius 3 is 2.22 bits per heavy atom. The topological polar surface area (TPSA) is 78.4 Å². The van der Waals surface area contributed by atoms with E-state index in [9.17, 15) is 9.59 Å². The highest BCUT2D eigenvalue weighted by molar-refractivity contribution is 5.77. The van der Waals surface area contributed by atoms with Gasteiger partial charge in [0.25, 0.3) is 0 Å². The first-order valence-electron chi connectivity index (χ1n) is 6.55. The molecular formula is C13H26N2O3. The Balaban J connectivity index is 3.89. The van der Waals surface area contributed by atoms with Crippen LogP contribution in [0.25, 0.3) is 0 Å². The highest BCUT2D eigenvalue weighted by Crippen LogP contribution is 2.11. The first kappa shape index (κ1) is 16.9. The summed E-state index contributed by atoms with van der Waals surface area (Å²) < 4.78 is 0. The summed E-state index contributed by atoms with van der Waals surface area (Å²) in [6.45, 7) is 8.82. The molecule has 0 fully saturated rings. The molecule has 0 heterocycles. The van der Waals surface area contributed by atoms with Crippen molar-refractivity contribution in [3.05, 3.63) is 0 Å². The maximum Gasteiger partial charge on any atom is 0.308 e. The van der Waals surface area contributed by atoms with Crippen LogP contribution < -0.4 is 10.6 Å². The predicted molar refractivity (Wildman–Crippen MR) is 71.3 cm³/mol. The van der Waals surface area contributed by atoms with Crippen LogP contribution in [0.1, 0.15) is 40.5 Å². The molecule has 0 aromatic rings. The third-order valence-electron chi connectivity index (χ3n) is 2.56. The molecule has 5 nitrogen and oxygen atoms in total. The van der Waals surface area contributed by atoms with Gasteiger partial charge in [-0.2, -0.15) is 0 Å². The molecule has 0 saturated carbocycles. The van der Waals surface area contributed by atoms with Crippen molar-refractivity contribution >= 4 is 11.9 Å². The number of hydrogen-bond acceptors (Lipinski definition) is 3. The Labute approximate surface area is 109 Å². The van der Waals surface area contributed by atoms with Gasteiger partial charge in [-0.1, -0.05) is 27.7 Å². The van der Waals surface area contributed by atoms with Crippen molar-refractivity contribution in [2.75, 3.05) is 13.1 Å². The third kappa shape index (κ3) is 8.98. The summed E-state index contributed by atoms with van der Waals surface area (Å²) >= 11 is 0.